The van der Waals surface area contributed by atoms with Crippen molar-refractivity contribution in [3.05, 3.63) is 42.2 Å². The first-order chi connectivity index (χ1) is 14.2. The Labute approximate surface area is 175 Å². The number of carbonyl (C=O) groups excluding carboxylic acids is 2. The smallest absolute Gasteiger partial charge is 0.410 e. The number of likely N-dealkylation sites (N-methyl/N-ethyl adjacent to an activating group) is 1. The number of pyridine rings is 2. The number of aromatic nitrogens is 2. The minimum atomic E-state index is -0.542. The van der Waals surface area contributed by atoms with Gasteiger partial charge in [0.15, 0.2) is 0 Å². The van der Waals surface area contributed by atoms with Crippen molar-refractivity contribution in [2.24, 2.45) is 0 Å². The molecule has 0 fully saturated rings. The van der Waals surface area contributed by atoms with Crippen LogP contribution in [0.2, 0.25) is 0 Å². The van der Waals surface area contributed by atoms with E-state index in [0.29, 0.717) is 30.0 Å². The average Bonchev–Trinajstić information content (AvgIpc) is 2.71. The predicted molar refractivity (Wildman–Crippen MR) is 116 cm³/mol. The maximum Gasteiger partial charge on any atom is 0.410 e. The predicted octanol–water partition coefficient (Wildman–Crippen LogP) is 3.85. The van der Waals surface area contributed by atoms with Gasteiger partial charge in [-0.25, -0.2) is 14.6 Å². The Morgan fingerprint density at radius 1 is 1.13 bits per heavy atom. The van der Waals surface area contributed by atoms with Crippen LogP contribution in [0.4, 0.5) is 10.6 Å². The third kappa shape index (κ3) is 4.76. The van der Waals surface area contributed by atoms with Crippen molar-refractivity contribution < 1.29 is 19.1 Å². The Morgan fingerprint density at radius 3 is 2.60 bits per heavy atom. The number of rotatable bonds is 5. The highest BCUT2D eigenvalue weighted by Crippen LogP contribution is 2.29. The Hall–Kier alpha value is -3.42. The van der Waals surface area contributed by atoms with E-state index in [1.54, 1.807) is 31.6 Å². The molecule has 3 rings (SSSR count). The van der Waals surface area contributed by atoms with E-state index in [2.05, 4.69) is 10.3 Å². The fourth-order valence-corrected chi connectivity index (χ4v) is 3.00. The molecule has 0 radical (unpaired) electrons. The third-order valence-corrected chi connectivity index (χ3v) is 4.46. The Bertz CT molecular complexity index is 1090. The van der Waals surface area contributed by atoms with Crippen molar-refractivity contribution in [2.45, 2.75) is 26.4 Å². The molecule has 3 aromatic rings. The summed E-state index contributed by atoms with van der Waals surface area (Å²) in [6.45, 7) is 6.40. The van der Waals surface area contributed by atoms with Gasteiger partial charge in [-0.05, 0) is 39.0 Å². The Balaban J connectivity index is 1.85. The van der Waals surface area contributed by atoms with Gasteiger partial charge in [-0.15, -0.1) is 0 Å². The van der Waals surface area contributed by atoms with E-state index < -0.39 is 11.6 Å². The second kappa shape index (κ2) is 8.52. The number of hydrogen-bond acceptors (Lipinski definition) is 7. The molecule has 1 N–H and O–H groups in total. The molecule has 0 spiro atoms. The SMILES string of the molecule is COC(=O)c1ccc2c(c1)nc(NCCN(C)C(=O)OC(C)(C)C)c1ccncc12. The first-order valence-corrected chi connectivity index (χ1v) is 9.63. The molecule has 0 bridgehead atoms. The number of esters is 1. The lowest BCUT2D eigenvalue weighted by atomic mass is 10.1. The Morgan fingerprint density at radius 2 is 1.90 bits per heavy atom. The first kappa shape index (κ1) is 21.3. The molecule has 0 aliphatic heterocycles. The molecular formula is C22H26N4O4. The van der Waals surface area contributed by atoms with Gasteiger partial charge < -0.3 is 19.7 Å². The van der Waals surface area contributed by atoms with Crippen LogP contribution in [-0.2, 0) is 9.47 Å². The standard InChI is InChI=1S/C22H26N4O4/c1-22(2,3)30-21(28)26(4)11-10-24-19-16-8-9-23-13-17(16)15-7-6-14(20(27)29-5)12-18(15)25-19/h6-9,12-13H,10-11H2,1-5H3,(H,24,25). The van der Waals surface area contributed by atoms with Crippen molar-refractivity contribution in [3.63, 3.8) is 0 Å². The van der Waals surface area contributed by atoms with E-state index in [1.807, 2.05) is 32.9 Å². The summed E-state index contributed by atoms with van der Waals surface area (Å²) in [6.07, 6.45) is 3.10. The number of hydrogen-bond donors (Lipinski definition) is 1. The van der Waals surface area contributed by atoms with Gasteiger partial charge in [0.2, 0.25) is 0 Å². The van der Waals surface area contributed by atoms with E-state index in [1.165, 1.54) is 12.0 Å². The molecule has 0 saturated heterocycles. The Kier molecular flexibility index (Phi) is 6.05. The van der Waals surface area contributed by atoms with E-state index in [4.69, 9.17) is 14.5 Å². The zero-order chi connectivity index (χ0) is 21.9. The van der Waals surface area contributed by atoms with E-state index in [-0.39, 0.29) is 6.09 Å². The largest absolute Gasteiger partial charge is 0.465 e. The summed E-state index contributed by atoms with van der Waals surface area (Å²) in [6, 6.07) is 7.14. The number of anilines is 1. The summed E-state index contributed by atoms with van der Waals surface area (Å²) in [5.41, 5.74) is 0.539. The van der Waals surface area contributed by atoms with Crippen LogP contribution < -0.4 is 5.32 Å². The summed E-state index contributed by atoms with van der Waals surface area (Å²) >= 11 is 0. The van der Waals surface area contributed by atoms with Crippen molar-refractivity contribution in [2.75, 3.05) is 32.6 Å². The summed E-state index contributed by atoms with van der Waals surface area (Å²) in [4.78, 5) is 34.5. The molecule has 1 amide bonds. The average molecular weight is 410 g/mol. The number of amides is 1. The lowest BCUT2D eigenvalue weighted by Crippen LogP contribution is -2.36. The van der Waals surface area contributed by atoms with Crippen molar-refractivity contribution >= 4 is 39.6 Å². The number of ether oxygens (including phenoxy) is 2. The second-order valence-electron chi connectivity index (χ2n) is 7.93. The zero-order valence-electron chi connectivity index (χ0n) is 17.9. The molecule has 1 aromatic carbocycles. The molecule has 0 atom stereocenters. The summed E-state index contributed by atoms with van der Waals surface area (Å²) in [7, 11) is 3.03. The van der Waals surface area contributed by atoms with Crippen LogP contribution in [0.5, 0.6) is 0 Å². The van der Waals surface area contributed by atoms with Crippen molar-refractivity contribution in [1.82, 2.24) is 14.9 Å². The fourth-order valence-electron chi connectivity index (χ4n) is 3.00. The van der Waals surface area contributed by atoms with E-state index >= 15 is 0 Å². The van der Waals surface area contributed by atoms with Gasteiger partial charge in [-0.3, -0.25) is 4.98 Å². The lowest BCUT2D eigenvalue weighted by molar-refractivity contribution is 0.0305. The molecule has 30 heavy (non-hydrogen) atoms. The molecule has 0 aliphatic rings. The summed E-state index contributed by atoms with van der Waals surface area (Å²) in [5.74, 6) is 0.234. The van der Waals surface area contributed by atoms with Crippen LogP contribution >= 0.6 is 0 Å². The molecule has 0 unspecified atom stereocenters. The zero-order valence-corrected chi connectivity index (χ0v) is 17.9. The van der Waals surface area contributed by atoms with Gasteiger partial charge in [-0.1, -0.05) is 6.07 Å². The molecule has 8 heteroatoms. The molecule has 0 aliphatic carbocycles. The van der Waals surface area contributed by atoms with Crippen LogP contribution in [0.1, 0.15) is 31.1 Å². The van der Waals surface area contributed by atoms with Gasteiger partial charge in [0.25, 0.3) is 0 Å². The minimum absolute atomic E-state index is 0.382. The van der Waals surface area contributed by atoms with Crippen molar-refractivity contribution in [3.8, 4) is 0 Å². The van der Waals surface area contributed by atoms with E-state index in [0.717, 1.165) is 16.2 Å². The monoisotopic (exact) mass is 410 g/mol. The van der Waals surface area contributed by atoms with E-state index in [9.17, 15) is 9.59 Å². The van der Waals surface area contributed by atoms with Gasteiger partial charge >= 0.3 is 12.1 Å². The number of benzene rings is 1. The number of methoxy groups -OCH3 is 1. The highest BCUT2D eigenvalue weighted by molar-refractivity contribution is 6.10. The topological polar surface area (TPSA) is 93.7 Å². The maximum absolute atomic E-state index is 12.1. The maximum atomic E-state index is 12.1. The third-order valence-electron chi connectivity index (χ3n) is 4.46. The van der Waals surface area contributed by atoms with Crippen molar-refractivity contribution in [1.29, 1.82) is 0 Å². The number of carbonyl (C=O) groups is 2. The normalized spacial score (nSPS) is 11.4. The second-order valence-corrected chi connectivity index (χ2v) is 7.93. The van der Waals surface area contributed by atoms with Gasteiger partial charge in [-0.2, -0.15) is 0 Å². The van der Waals surface area contributed by atoms with Crippen LogP contribution in [0.15, 0.2) is 36.7 Å². The molecule has 2 aromatic heterocycles. The van der Waals surface area contributed by atoms with Crippen LogP contribution in [0.25, 0.3) is 21.7 Å². The number of fused-ring (bicyclic) bond motifs is 3. The van der Waals surface area contributed by atoms with Crippen LogP contribution in [0.3, 0.4) is 0 Å². The summed E-state index contributed by atoms with van der Waals surface area (Å²) in [5, 5.41) is 6.00. The molecule has 2 heterocycles. The molecule has 8 nitrogen and oxygen atoms in total. The van der Waals surface area contributed by atoms with Gasteiger partial charge in [0, 0.05) is 48.7 Å². The highest BCUT2D eigenvalue weighted by Gasteiger charge is 2.19. The van der Waals surface area contributed by atoms with Crippen LogP contribution in [0, 0.1) is 0 Å². The quantitative estimate of drug-likeness (QED) is 0.504. The molecule has 158 valence electrons. The molecular weight excluding hydrogens is 384 g/mol. The number of nitrogens with zero attached hydrogens (tertiary/aromatic N) is 3. The fraction of sp³-hybridized carbons (Fsp3) is 0.364. The lowest BCUT2D eigenvalue weighted by Gasteiger charge is -2.24. The summed E-state index contributed by atoms with van der Waals surface area (Å²) < 4.78 is 10.2. The minimum Gasteiger partial charge on any atom is -0.465 e. The number of nitrogens with one attached hydrogen (secondary N) is 1. The van der Waals surface area contributed by atoms with Gasteiger partial charge in [0.1, 0.15) is 11.4 Å². The molecule has 0 saturated carbocycles. The first-order valence-electron chi connectivity index (χ1n) is 9.63. The van der Waals surface area contributed by atoms with Gasteiger partial charge in [0.05, 0.1) is 18.2 Å². The van der Waals surface area contributed by atoms with Crippen LogP contribution in [-0.4, -0.2) is 59.8 Å². The highest BCUT2D eigenvalue weighted by atomic mass is 16.6.